The molecule has 0 radical (unpaired) electrons. The third kappa shape index (κ3) is 52.1. The zero-order valence-electron chi connectivity index (χ0n) is 55.4. The Labute approximate surface area is 520 Å². The van der Waals surface area contributed by atoms with Crippen LogP contribution in [0.3, 0.4) is 0 Å². The van der Waals surface area contributed by atoms with Gasteiger partial charge in [-0.25, -0.2) is 0 Å². The van der Waals surface area contributed by atoms with Crippen molar-refractivity contribution in [3.63, 3.8) is 0 Å². The molecular formula is C75H141NO8. The van der Waals surface area contributed by atoms with E-state index < -0.39 is 49.5 Å². The number of hydrogen-bond donors (Lipinski definition) is 6. The minimum absolute atomic E-state index is 0.134. The van der Waals surface area contributed by atoms with Crippen molar-refractivity contribution >= 4 is 5.91 Å². The van der Waals surface area contributed by atoms with Gasteiger partial charge in [0, 0.05) is 6.42 Å². The second-order valence-corrected chi connectivity index (χ2v) is 25.7. The summed E-state index contributed by atoms with van der Waals surface area (Å²) in [5.74, 6) is -0.136. The predicted octanol–water partition coefficient (Wildman–Crippen LogP) is 20.4. The van der Waals surface area contributed by atoms with Gasteiger partial charge in [-0.15, -0.1) is 0 Å². The molecule has 1 rings (SSSR count). The Bertz CT molecular complexity index is 1470. The molecule has 9 nitrogen and oxygen atoms in total. The van der Waals surface area contributed by atoms with Crippen LogP contribution in [0.4, 0.5) is 0 Å². The van der Waals surface area contributed by atoms with E-state index in [0.29, 0.717) is 12.8 Å². The van der Waals surface area contributed by atoms with Gasteiger partial charge in [0.2, 0.25) is 5.91 Å². The molecule has 6 N–H and O–H groups in total. The summed E-state index contributed by atoms with van der Waals surface area (Å²) in [5, 5.41) is 55.0. The van der Waals surface area contributed by atoms with Gasteiger partial charge >= 0.3 is 0 Å². The lowest BCUT2D eigenvalue weighted by Gasteiger charge is -2.40. The Morgan fingerprint density at radius 3 is 1.10 bits per heavy atom. The predicted molar refractivity (Wildman–Crippen MR) is 359 cm³/mol. The van der Waals surface area contributed by atoms with E-state index in [4.69, 9.17) is 9.47 Å². The highest BCUT2D eigenvalue weighted by atomic mass is 16.7. The summed E-state index contributed by atoms with van der Waals surface area (Å²) >= 11 is 0. The minimum Gasteiger partial charge on any atom is -0.394 e. The fraction of sp³-hybridized carbons (Fsp3) is 0.880. The zero-order chi connectivity index (χ0) is 60.7. The number of ether oxygens (including phenoxy) is 2. The van der Waals surface area contributed by atoms with E-state index in [0.717, 1.165) is 64.2 Å². The van der Waals surface area contributed by atoms with Crippen LogP contribution in [-0.2, 0) is 14.3 Å². The van der Waals surface area contributed by atoms with Gasteiger partial charge in [-0.2, -0.15) is 0 Å². The molecule has 0 aliphatic carbocycles. The number of carbonyl (C=O) groups is 1. The topological polar surface area (TPSA) is 149 Å². The van der Waals surface area contributed by atoms with Crippen LogP contribution in [0.2, 0.25) is 0 Å². The van der Waals surface area contributed by atoms with Gasteiger partial charge < -0.3 is 40.3 Å². The van der Waals surface area contributed by atoms with Crippen LogP contribution in [-0.4, -0.2) is 87.5 Å². The lowest BCUT2D eigenvalue weighted by atomic mass is 9.99. The first-order valence-electron chi connectivity index (χ1n) is 36.8. The van der Waals surface area contributed by atoms with Gasteiger partial charge in [-0.05, 0) is 51.4 Å². The van der Waals surface area contributed by atoms with Crippen LogP contribution in [0, 0.1) is 0 Å². The third-order valence-corrected chi connectivity index (χ3v) is 17.7. The lowest BCUT2D eigenvalue weighted by molar-refractivity contribution is -0.302. The Hall–Kier alpha value is -1.85. The van der Waals surface area contributed by atoms with Crippen molar-refractivity contribution in [3.05, 3.63) is 48.6 Å². The maximum atomic E-state index is 13.2. The highest BCUT2D eigenvalue weighted by molar-refractivity contribution is 5.76. The largest absolute Gasteiger partial charge is 0.394 e. The molecule has 494 valence electrons. The first kappa shape index (κ1) is 80.2. The van der Waals surface area contributed by atoms with E-state index in [1.165, 1.54) is 276 Å². The monoisotopic (exact) mass is 1180 g/mol. The summed E-state index contributed by atoms with van der Waals surface area (Å²) in [6, 6.07) is -0.719. The quantitative estimate of drug-likeness (QED) is 0.0261. The van der Waals surface area contributed by atoms with Crippen molar-refractivity contribution in [1.82, 2.24) is 5.32 Å². The molecule has 1 aliphatic rings. The second kappa shape index (κ2) is 64.1. The number of rotatable bonds is 65. The number of aliphatic hydroxyl groups is 5. The second-order valence-electron chi connectivity index (χ2n) is 25.7. The van der Waals surface area contributed by atoms with Crippen LogP contribution in [0.25, 0.3) is 0 Å². The number of hydrogen-bond acceptors (Lipinski definition) is 8. The molecule has 1 fully saturated rings. The Morgan fingerprint density at radius 2 is 0.738 bits per heavy atom. The molecule has 0 aromatic rings. The van der Waals surface area contributed by atoms with Gasteiger partial charge in [0.05, 0.1) is 25.4 Å². The van der Waals surface area contributed by atoms with Gasteiger partial charge in [-0.3, -0.25) is 4.79 Å². The summed E-state index contributed by atoms with van der Waals surface area (Å²) in [5.41, 5.74) is 0. The average molecular weight is 1180 g/mol. The summed E-state index contributed by atoms with van der Waals surface area (Å²) in [6.07, 6.45) is 80.5. The summed E-state index contributed by atoms with van der Waals surface area (Å²) < 4.78 is 11.4. The zero-order valence-corrected chi connectivity index (χ0v) is 55.4. The molecule has 7 unspecified atom stereocenters. The molecule has 0 spiro atoms. The fourth-order valence-electron chi connectivity index (χ4n) is 12.0. The first-order chi connectivity index (χ1) is 41.3. The number of aliphatic hydroxyl groups excluding tert-OH is 5. The summed E-state index contributed by atoms with van der Waals surface area (Å²) in [4.78, 5) is 13.2. The van der Waals surface area contributed by atoms with Crippen molar-refractivity contribution in [2.24, 2.45) is 0 Å². The van der Waals surface area contributed by atoms with Crippen LogP contribution < -0.4 is 5.32 Å². The Balaban J connectivity index is 2.07. The van der Waals surface area contributed by atoms with E-state index >= 15 is 0 Å². The van der Waals surface area contributed by atoms with Crippen LogP contribution in [0.1, 0.15) is 367 Å². The highest BCUT2D eigenvalue weighted by Crippen LogP contribution is 2.24. The van der Waals surface area contributed by atoms with Crippen molar-refractivity contribution in [1.29, 1.82) is 0 Å². The molecule has 0 bridgehead atoms. The van der Waals surface area contributed by atoms with E-state index in [-0.39, 0.29) is 12.5 Å². The minimum atomic E-state index is -1.55. The van der Waals surface area contributed by atoms with Crippen molar-refractivity contribution in [2.45, 2.75) is 410 Å². The van der Waals surface area contributed by atoms with E-state index in [1.807, 2.05) is 0 Å². The molecular weight excluding hydrogens is 1040 g/mol. The smallest absolute Gasteiger partial charge is 0.220 e. The van der Waals surface area contributed by atoms with Gasteiger partial charge in [0.25, 0.3) is 0 Å². The molecule has 0 aromatic carbocycles. The van der Waals surface area contributed by atoms with Crippen LogP contribution in [0.5, 0.6) is 0 Å². The Morgan fingerprint density at radius 1 is 0.417 bits per heavy atom. The normalized spacial score (nSPS) is 18.4. The first-order valence-corrected chi connectivity index (χ1v) is 36.8. The van der Waals surface area contributed by atoms with Crippen molar-refractivity contribution in [3.8, 4) is 0 Å². The van der Waals surface area contributed by atoms with E-state index in [2.05, 4.69) is 67.8 Å². The molecule has 1 heterocycles. The molecule has 1 amide bonds. The van der Waals surface area contributed by atoms with E-state index in [9.17, 15) is 30.3 Å². The average Bonchev–Trinajstić information content (AvgIpc) is 3.70. The molecule has 9 heteroatoms. The highest BCUT2D eigenvalue weighted by Gasteiger charge is 2.44. The number of nitrogens with one attached hydrogen (secondary N) is 1. The third-order valence-electron chi connectivity index (χ3n) is 17.7. The molecule has 1 aliphatic heterocycles. The van der Waals surface area contributed by atoms with Gasteiger partial charge in [-0.1, -0.05) is 358 Å². The standard InChI is InChI=1S/C75H141NO8/c1-3-5-7-9-11-13-15-17-19-21-23-25-27-29-31-32-33-34-35-36-37-38-39-41-43-45-47-49-51-53-55-57-59-61-63-65-71(79)76-68(67-83-75-74(82)73(81)72(80)70(66-77)84-75)69(78)64-62-60-58-56-54-52-50-48-46-44-42-40-30-28-26-24-22-20-18-16-14-12-10-8-6-4-2/h5,7,11,13,17,19,23,25,68-70,72-75,77-78,80-82H,3-4,6,8-10,12,14-16,18,20-22,24,26-67H2,1-2H3,(H,76,79)/b7-5-,13-11-,19-17-,25-23-. The summed E-state index contributed by atoms with van der Waals surface area (Å²) in [6.45, 7) is 3.78. The van der Waals surface area contributed by atoms with Crippen LogP contribution in [0.15, 0.2) is 48.6 Å². The van der Waals surface area contributed by atoms with Crippen molar-refractivity contribution in [2.75, 3.05) is 13.2 Å². The number of unbranched alkanes of at least 4 members (excludes halogenated alkanes) is 47. The van der Waals surface area contributed by atoms with Gasteiger partial charge in [0.1, 0.15) is 24.4 Å². The molecule has 0 aromatic heterocycles. The SMILES string of the molecule is CC/C=C\C/C=C\C/C=C\C/C=C\CCCCCCCCCCCCCCCCCCCCCCCCC(=O)NC(COC1OC(CO)C(O)C(O)C1O)C(O)CCCCCCCCCCCCCCCCCCCCCCCCCCCC. The number of amides is 1. The maximum absolute atomic E-state index is 13.2. The van der Waals surface area contributed by atoms with E-state index in [1.54, 1.807) is 0 Å². The maximum Gasteiger partial charge on any atom is 0.220 e. The van der Waals surface area contributed by atoms with Crippen molar-refractivity contribution < 1.29 is 39.8 Å². The number of carbonyl (C=O) groups excluding carboxylic acids is 1. The summed E-state index contributed by atoms with van der Waals surface area (Å²) in [7, 11) is 0. The van der Waals surface area contributed by atoms with Crippen LogP contribution >= 0.6 is 0 Å². The lowest BCUT2D eigenvalue weighted by Crippen LogP contribution is -2.60. The molecule has 84 heavy (non-hydrogen) atoms. The molecule has 1 saturated heterocycles. The Kier molecular flexibility index (Phi) is 61.2. The van der Waals surface area contributed by atoms with Gasteiger partial charge in [0.15, 0.2) is 6.29 Å². The molecule has 7 atom stereocenters. The molecule has 0 saturated carbocycles. The fourth-order valence-corrected chi connectivity index (χ4v) is 12.0. The number of allylic oxidation sites excluding steroid dienone is 8.